The van der Waals surface area contributed by atoms with Crippen molar-refractivity contribution in [3.05, 3.63) is 16.4 Å². The molecule has 0 fully saturated rings. The number of aryl methyl sites for hydroxylation is 1. The highest BCUT2D eigenvalue weighted by atomic mass is 29.1. The number of H-pyrrole nitrogens is 1. The minimum absolute atomic E-state index is 0.201. The fraction of sp³-hybridized carbons (Fsp3) is 0.500. The zero-order valence-corrected chi connectivity index (χ0v) is 9.50. The van der Waals surface area contributed by atoms with Gasteiger partial charge in [0.05, 0.1) is 0 Å². The number of hydrogen-bond acceptors (Lipinski definition) is 0. The summed E-state index contributed by atoms with van der Waals surface area (Å²) in [6.45, 7) is 6.65. The van der Waals surface area contributed by atoms with Gasteiger partial charge in [0.25, 0.3) is 0 Å². The van der Waals surface area contributed by atoms with E-state index in [0.29, 0.717) is 0 Å². The molecule has 1 rings (SSSR count). The van der Waals surface area contributed by atoms with Crippen LogP contribution in [0.2, 0.25) is 0 Å². The van der Waals surface area contributed by atoms with Crippen LogP contribution in [0.5, 0.6) is 0 Å². The molecule has 0 radical (unpaired) electrons. The summed E-state index contributed by atoms with van der Waals surface area (Å²) in [5.41, 5.74) is 2.93. The van der Waals surface area contributed by atoms with E-state index in [1.165, 1.54) is 21.0 Å². The Bertz CT molecular complexity index is 205. The molecule has 0 unspecified atom stereocenters. The fourth-order valence-electron chi connectivity index (χ4n) is 1.03. The molecule has 1 aromatic heterocycles. The molecule has 9 heavy (non-hydrogen) atoms. The third-order valence-corrected chi connectivity index (χ3v) is 7.31. The van der Waals surface area contributed by atoms with E-state index in [9.17, 15) is 0 Å². The second kappa shape index (κ2) is 2.23. The highest BCUT2D eigenvalue weighted by Crippen LogP contribution is 2.07. The summed E-state index contributed by atoms with van der Waals surface area (Å²) in [5.74, 6) is 0. The summed E-state index contributed by atoms with van der Waals surface area (Å²) in [6.07, 6.45) is 0. The molecule has 0 aliphatic heterocycles. The number of hydrogen-bond donors (Lipinski definition) is 1. The first-order valence-electron chi connectivity index (χ1n) is 3.25. The minimum Gasteiger partial charge on any atom is -0.398 e. The topological polar surface area (TPSA) is 15.8 Å². The molecule has 0 aliphatic rings. The van der Waals surface area contributed by atoms with E-state index in [0.717, 1.165) is 0 Å². The van der Waals surface area contributed by atoms with Crippen molar-refractivity contribution < 1.29 is 0 Å². The molecule has 0 aliphatic carbocycles. The zero-order chi connectivity index (χ0) is 7.02. The van der Waals surface area contributed by atoms with Crippen LogP contribution in [0.15, 0.2) is 0 Å². The molecule has 0 saturated heterocycles. The van der Waals surface area contributed by atoms with Crippen LogP contribution in [0.25, 0.3) is 0 Å². The molecular weight excluding hydrogens is 142 g/mol. The molecular formula is C6H13NSi2. The second-order valence-electron chi connectivity index (χ2n) is 2.62. The summed E-state index contributed by atoms with van der Waals surface area (Å²) in [7, 11) is 1.12. The molecule has 0 saturated carbocycles. The summed E-state index contributed by atoms with van der Waals surface area (Å²) < 4.78 is 3.52. The van der Waals surface area contributed by atoms with Gasteiger partial charge in [0.2, 0.25) is 0 Å². The fourth-order valence-corrected chi connectivity index (χ4v) is 4.97. The molecule has 0 bridgehead atoms. The zero-order valence-electron chi connectivity index (χ0n) is 6.50. The summed E-state index contributed by atoms with van der Waals surface area (Å²) in [4.78, 5) is 0. The van der Waals surface area contributed by atoms with E-state index in [4.69, 9.17) is 0 Å². The molecule has 3 heteroatoms. The van der Waals surface area contributed by atoms with Crippen LogP contribution < -0.4 is 0 Å². The Balaban J connectivity index is 3.29. The van der Waals surface area contributed by atoms with E-state index >= 15 is 0 Å². The van der Waals surface area contributed by atoms with E-state index in [1.807, 2.05) is 0 Å². The summed E-state index contributed by atoms with van der Waals surface area (Å²) in [5, 5.41) is 1.64. The van der Waals surface area contributed by atoms with Gasteiger partial charge in [0.1, 0.15) is 8.08 Å². The Morgan fingerprint density at radius 2 is 1.89 bits per heavy atom. The van der Waals surface area contributed by atoms with Crippen molar-refractivity contribution in [2.75, 3.05) is 0 Å². The van der Waals surface area contributed by atoms with Crippen molar-refractivity contribution in [2.45, 2.75) is 20.8 Å². The first kappa shape index (κ1) is 6.96. The highest BCUT2D eigenvalue weighted by molar-refractivity contribution is 6.96. The first-order chi connectivity index (χ1) is 4.13. The van der Waals surface area contributed by atoms with Gasteiger partial charge in [-0.05, 0) is 31.5 Å². The molecule has 1 aromatic rings. The molecule has 1 nitrogen and oxygen atoms in total. The van der Waals surface area contributed by atoms with E-state index in [2.05, 4.69) is 25.4 Å². The Morgan fingerprint density at radius 3 is 2.00 bits per heavy atom. The van der Waals surface area contributed by atoms with Crippen molar-refractivity contribution in [1.29, 1.82) is 0 Å². The van der Waals surface area contributed by atoms with E-state index < -0.39 is 0 Å². The molecule has 50 valence electrons. The predicted molar refractivity (Wildman–Crippen MR) is 46.3 cm³/mol. The number of rotatable bonds is 0. The van der Waals surface area contributed by atoms with Gasteiger partial charge >= 0.3 is 0 Å². The minimum atomic E-state index is -0.201. The lowest BCUT2D eigenvalue weighted by molar-refractivity contribution is 1.25. The van der Waals surface area contributed by atoms with Gasteiger partial charge in [0, 0.05) is 15.5 Å². The largest absolute Gasteiger partial charge is 0.398 e. The average Bonchev–Trinajstić information content (AvgIpc) is 1.98. The van der Waals surface area contributed by atoms with Crippen molar-refractivity contribution in [3.63, 3.8) is 0 Å². The van der Waals surface area contributed by atoms with Crippen LogP contribution in [0.3, 0.4) is 0 Å². The number of aromatic amines is 1. The Kier molecular flexibility index (Phi) is 1.72. The standard InChI is InChI=1S/C6H13NSi2/c1-4-5(2)7-9(8)6(4)3/h7H,1-3,8H3. The smallest absolute Gasteiger partial charge is 0.101 e. The van der Waals surface area contributed by atoms with Gasteiger partial charge in [-0.3, -0.25) is 0 Å². The number of nitrogens with one attached hydrogen (secondary N) is 1. The quantitative estimate of drug-likeness (QED) is 0.511. The summed E-state index contributed by atoms with van der Waals surface area (Å²) in [6, 6.07) is 0. The maximum atomic E-state index is 3.52. The lowest BCUT2D eigenvalue weighted by Crippen LogP contribution is -1.98. The molecule has 1 heterocycles. The van der Waals surface area contributed by atoms with Crippen LogP contribution in [0.1, 0.15) is 16.4 Å². The van der Waals surface area contributed by atoms with Crippen molar-refractivity contribution in [1.82, 2.24) is 4.64 Å². The van der Waals surface area contributed by atoms with E-state index in [-0.39, 0.29) is 8.08 Å². The maximum absolute atomic E-state index is 3.52. The molecule has 1 N–H and O–H groups in total. The predicted octanol–water partition coefficient (Wildman–Crippen LogP) is 0.0942. The van der Waals surface area contributed by atoms with Gasteiger partial charge in [-0.2, -0.15) is 0 Å². The molecule has 0 aromatic carbocycles. The van der Waals surface area contributed by atoms with Crippen molar-refractivity contribution in [3.8, 4) is 0 Å². The SMILES string of the molecule is Cc1[nH][si]([SiH3])c(C)c1C. The third kappa shape index (κ3) is 1.07. The average molecular weight is 155 g/mol. The second-order valence-corrected chi connectivity index (χ2v) is 7.88. The van der Waals surface area contributed by atoms with Gasteiger partial charge in [0.15, 0.2) is 0 Å². The first-order valence-corrected chi connectivity index (χ1v) is 8.25. The van der Waals surface area contributed by atoms with Crippen molar-refractivity contribution >= 4 is 17.8 Å². The lowest BCUT2D eigenvalue weighted by Gasteiger charge is -1.88. The maximum Gasteiger partial charge on any atom is 0.101 e. The normalized spacial score (nSPS) is 10.6. The van der Waals surface area contributed by atoms with Crippen LogP contribution in [0.4, 0.5) is 0 Å². The van der Waals surface area contributed by atoms with Crippen molar-refractivity contribution in [2.24, 2.45) is 0 Å². The van der Waals surface area contributed by atoms with Gasteiger partial charge in [-0.25, -0.2) is 0 Å². The van der Waals surface area contributed by atoms with Gasteiger partial charge in [-0.15, -0.1) is 0 Å². The molecule has 0 amide bonds. The van der Waals surface area contributed by atoms with Crippen LogP contribution in [0, 0.1) is 20.8 Å². The number of aromatic nitrogens is 1. The monoisotopic (exact) mass is 155 g/mol. The third-order valence-electron chi connectivity index (χ3n) is 2.06. The van der Waals surface area contributed by atoms with Crippen LogP contribution in [-0.4, -0.2) is 22.5 Å². The Hall–Kier alpha value is -0.156. The molecule has 0 atom stereocenters. The van der Waals surface area contributed by atoms with E-state index in [1.54, 1.807) is 5.17 Å². The van der Waals surface area contributed by atoms with Gasteiger partial charge in [-0.1, -0.05) is 0 Å². The van der Waals surface area contributed by atoms with Crippen LogP contribution in [-0.2, 0) is 0 Å². The van der Waals surface area contributed by atoms with Gasteiger partial charge < -0.3 is 4.64 Å². The summed E-state index contributed by atoms with van der Waals surface area (Å²) >= 11 is 0. The van der Waals surface area contributed by atoms with Crippen LogP contribution >= 0.6 is 0 Å². The lowest BCUT2D eigenvalue weighted by atomic mass is 10.2. The Morgan fingerprint density at radius 1 is 1.33 bits per heavy atom. The Labute approximate surface area is 60.3 Å². The highest BCUT2D eigenvalue weighted by Gasteiger charge is 2.01. The molecule has 0 spiro atoms.